The number of pyridine rings is 1. The van der Waals surface area contributed by atoms with Crippen molar-refractivity contribution in [3.8, 4) is 17.3 Å². The molecule has 51 heavy (non-hydrogen) atoms. The van der Waals surface area contributed by atoms with E-state index in [1.165, 1.54) is 36.5 Å². The molecule has 266 valence electrons. The van der Waals surface area contributed by atoms with Crippen molar-refractivity contribution in [1.82, 2.24) is 30.1 Å². The average molecular weight is 716 g/mol. The van der Waals surface area contributed by atoms with Gasteiger partial charge in [-0.15, -0.1) is 0 Å². The van der Waals surface area contributed by atoms with E-state index in [1.54, 1.807) is 12.1 Å². The molecular weight excluding hydrogens is 687 g/mol. The van der Waals surface area contributed by atoms with Crippen molar-refractivity contribution >= 4 is 17.8 Å². The Morgan fingerprint density at radius 3 is 2.45 bits per heavy atom. The fraction of sp³-hybridized carbons (Fsp3) is 0.294. The highest BCUT2D eigenvalue weighted by molar-refractivity contribution is 6.08. The average Bonchev–Trinajstić information content (AvgIpc) is 3.62. The van der Waals surface area contributed by atoms with Crippen molar-refractivity contribution in [3.63, 3.8) is 0 Å². The maximum Gasteiger partial charge on any atom is 0.417 e. The Balaban J connectivity index is 1.27. The van der Waals surface area contributed by atoms with Crippen LogP contribution in [-0.4, -0.2) is 55.8 Å². The molecule has 0 bridgehead atoms. The summed E-state index contributed by atoms with van der Waals surface area (Å²) >= 11 is 0. The first-order valence-electron chi connectivity index (χ1n) is 15.4. The van der Waals surface area contributed by atoms with E-state index in [-0.39, 0.29) is 24.2 Å². The largest absolute Gasteiger partial charge is 0.481 e. The lowest BCUT2D eigenvalue weighted by Crippen LogP contribution is -2.44. The van der Waals surface area contributed by atoms with Gasteiger partial charge < -0.3 is 15.0 Å². The highest BCUT2D eigenvalue weighted by atomic mass is 19.4. The van der Waals surface area contributed by atoms with E-state index in [0.717, 1.165) is 29.2 Å². The Bertz CT molecular complexity index is 2000. The summed E-state index contributed by atoms with van der Waals surface area (Å²) in [6.45, 7) is -0.687. The molecule has 0 radical (unpaired) electrons. The van der Waals surface area contributed by atoms with Gasteiger partial charge in [-0.05, 0) is 54.3 Å². The van der Waals surface area contributed by atoms with Gasteiger partial charge in [0.1, 0.15) is 11.4 Å². The summed E-state index contributed by atoms with van der Waals surface area (Å²) in [7, 11) is 1.44. The zero-order valence-corrected chi connectivity index (χ0v) is 26.7. The quantitative estimate of drug-likeness (QED) is 0.194. The van der Waals surface area contributed by atoms with Gasteiger partial charge in [0.15, 0.2) is 11.8 Å². The summed E-state index contributed by atoms with van der Waals surface area (Å²) in [5, 5.41) is 11.2. The Labute approximate surface area is 285 Å². The van der Waals surface area contributed by atoms with Crippen LogP contribution in [0.15, 0.2) is 67.0 Å². The Morgan fingerprint density at radius 2 is 1.76 bits per heavy atom. The predicted octanol–water partition coefficient (Wildman–Crippen LogP) is 6.36. The number of alkyl halides is 6. The van der Waals surface area contributed by atoms with Gasteiger partial charge >= 0.3 is 12.4 Å². The molecule has 4 heterocycles. The van der Waals surface area contributed by atoms with Crippen LogP contribution < -0.4 is 10.1 Å². The summed E-state index contributed by atoms with van der Waals surface area (Å²) in [6, 6.07) is 10.5. The summed E-state index contributed by atoms with van der Waals surface area (Å²) < 4.78 is 101. The molecule has 1 atom stereocenters. The molecule has 0 unspecified atom stereocenters. The molecule has 2 amide bonds. The second-order valence-electron chi connectivity index (χ2n) is 12.0. The van der Waals surface area contributed by atoms with Gasteiger partial charge in [-0.25, -0.2) is 19.3 Å². The molecule has 2 aromatic heterocycles. The molecule has 0 aliphatic carbocycles. The SMILES string of the molecule is COc1cc(-c2ncc3c(n2)CN(C(=O)c2cc(CN4C(=N)N[C@](CCCC(F)(F)F)(c5ccc(F)cc5)C4=O)ccc2C(F)(F)F)C3)ccn1. The highest BCUT2D eigenvalue weighted by Crippen LogP contribution is 2.38. The van der Waals surface area contributed by atoms with Crippen LogP contribution in [0, 0.1) is 11.2 Å². The molecule has 6 rings (SSSR count). The molecule has 1 fully saturated rings. The molecule has 2 aliphatic heterocycles. The Morgan fingerprint density at radius 1 is 1.02 bits per heavy atom. The number of hydrogen-bond acceptors (Lipinski definition) is 7. The number of nitrogens with zero attached hydrogens (tertiary/aromatic N) is 5. The minimum atomic E-state index is -4.93. The van der Waals surface area contributed by atoms with Gasteiger partial charge in [0.25, 0.3) is 11.8 Å². The number of amides is 2. The van der Waals surface area contributed by atoms with Crippen molar-refractivity contribution in [2.75, 3.05) is 7.11 Å². The van der Waals surface area contributed by atoms with Crippen LogP contribution in [0.25, 0.3) is 11.4 Å². The molecule has 2 aromatic carbocycles. The number of fused-ring (bicyclic) bond motifs is 1. The lowest BCUT2D eigenvalue weighted by molar-refractivity contribution is -0.140. The van der Waals surface area contributed by atoms with Crippen LogP contribution >= 0.6 is 0 Å². The third-order valence-electron chi connectivity index (χ3n) is 8.67. The van der Waals surface area contributed by atoms with E-state index in [9.17, 15) is 40.3 Å². The number of aromatic nitrogens is 3. The van der Waals surface area contributed by atoms with E-state index in [1.807, 2.05) is 0 Å². The number of rotatable bonds is 9. The van der Waals surface area contributed by atoms with Gasteiger partial charge in [-0.3, -0.25) is 19.9 Å². The topological polar surface area (TPSA) is 124 Å². The number of carbonyl (C=O) groups excluding carboxylic acids is 2. The number of benzene rings is 2. The predicted molar refractivity (Wildman–Crippen MR) is 166 cm³/mol. The first-order chi connectivity index (χ1) is 24.1. The number of guanidine groups is 1. The van der Waals surface area contributed by atoms with Crippen molar-refractivity contribution in [3.05, 3.63) is 106 Å². The maximum absolute atomic E-state index is 14.2. The van der Waals surface area contributed by atoms with Crippen LogP contribution in [0.1, 0.15) is 57.6 Å². The number of halogens is 7. The molecule has 0 spiro atoms. The van der Waals surface area contributed by atoms with E-state index >= 15 is 0 Å². The minimum absolute atomic E-state index is 0.0434. The maximum atomic E-state index is 14.2. The summed E-state index contributed by atoms with van der Waals surface area (Å²) in [5.41, 5.74) is -2.12. The van der Waals surface area contributed by atoms with Crippen LogP contribution in [0.2, 0.25) is 0 Å². The second kappa shape index (κ2) is 13.3. The number of ether oxygens (including phenoxy) is 1. The molecular formula is C34H28F7N7O3. The van der Waals surface area contributed by atoms with Gasteiger partial charge in [0.05, 0.1) is 37.0 Å². The van der Waals surface area contributed by atoms with Crippen LogP contribution in [0.3, 0.4) is 0 Å². The molecule has 10 nitrogen and oxygen atoms in total. The van der Waals surface area contributed by atoms with Gasteiger partial charge in [0, 0.05) is 42.6 Å². The molecule has 17 heteroatoms. The lowest BCUT2D eigenvalue weighted by Gasteiger charge is -2.28. The molecule has 2 N–H and O–H groups in total. The number of hydrogen-bond donors (Lipinski definition) is 2. The van der Waals surface area contributed by atoms with Crippen LogP contribution in [0.5, 0.6) is 5.88 Å². The zero-order valence-electron chi connectivity index (χ0n) is 26.7. The Hall–Kier alpha value is -5.61. The van der Waals surface area contributed by atoms with Crippen LogP contribution in [-0.2, 0) is 36.1 Å². The molecule has 1 saturated heterocycles. The monoisotopic (exact) mass is 715 g/mol. The fourth-order valence-electron chi connectivity index (χ4n) is 6.17. The zero-order chi connectivity index (χ0) is 36.7. The summed E-state index contributed by atoms with van der Waals surface area (Å²) in [5.74, 6) is -2.40. The molecule has 0 saturated carbocycles. The lowest BCUT2D eigenvalue weighted by atomic mass is 9.84. The van der Waals surface area contributed by atoms with Crippen molar-refractivity contribution in [1.29, 1.82) is 5.41 Å². The molecule has 4 aromatic rings. The number of carbonyl (C=O) groups is 2. The summed E-state index contributed by atoms with van der Waals surface area (Å²) in [6.07, 6.45) is -8.64. The van der Waals surface area contributed by atoms with Gasteiger partial charge in [0.2, 0.25) is 5.88 Å². The van der Waals surface area contributed by atoms with Crippen molar-refractivity contribution in [2.45, 2.75) is 56.8 Å². The number of nitrogens with one attached hydrogen (secondary N) is 2. The first kappa shape index (κ1) is 35.2. The van der Waals surface area contributed by atoms with E-state index in [4.69, 9.17) is 10.1 Å². The van der Waals surface area contributed by atoms with Crippen LogP contribution in [0.4, 0.5) is 30.7 Å². The fourth-order valence-corrected chi connectivity index (χ4v) is 6.17. The third kappa shape index (κ3) is 7.18. The number of methoxy groups -OCH3 is 1. The standard InChI is InChI=1S/C34H28F7N7O3/c1-51-27-14-20(9-12-43-27)28-44-15-21-17-47(18-26(21)45-28)29(49)24-13-19(3-8-25(24)34(39,40)41)16-48-30(50)32(46-31(48)42,10-2-11-33(36,37)38)22-4-6-23(35)7-5-22/h3-9,12-15H,2,10-11,16-18H2,1H3,(H2,42,46)/t32-/m1/s1. The van der Waals surface area contributed by atoms with Gasteiger partial charge in [-0.2, -0.15) is 26.3 Å². The van der Waals surface area contributed by atoms with E-state index < -0.39 is 78.4 Å². The van der Waals surface area contributed by atoms with E-state index in [0.29, 0.717) is 34.6 Å². The first-order valence-corrected chi connectivity index (χ1v) is 15.4. The van der Waals surface area contributed by atoms with E-state index in [2.05, 4.69) is 20.3 Å². The Kier molecular flexibility index (Phi) is 9.16. The highest BCUT2D eigenvalue weighted by Gasteiger charge is 2.51. The summed E-state index contributed by atoms with van der Waals surface area (Å²) in [4.78, 5) is 42.6. The van der Waals surface area contributed by atoms with Crippen molar-refractivity contribution < 1.29 is 45.1 Å². The third-order valence-corrected chi connectivity index (χ3v) is 8.67. The minimum Gasteiger partial charge on any atom is -0.481 e. The normalized spacial score (nSPS) is 17.5. The van der Waals surface area contributed by atoms with Gasteiger partial charge in [-0.1, -0.05) is 18.2 Å². The smallest absolute Gasteiger partial charge is 0.417 e. The molecule has 2 aliphatic rings. The second-order valence-corrected chi connectivity index (χ2v) is 12.0. The van der Waals surface area contributed by atoms with Crippen molar-refractivity contribution in [2.24, 2.45) is 0 Å².